The zero-order chi connectivity index (χ0) is 22.2. The fraction of sp³-hybridized carbons (Fsp3) is 0.238. The Hall–Kier alpha value is -3.89. The van der Waals surface area contributed by atoms with Crippen LogP contribution in [0, 0.1) is 17.5 Å². The van der Waals surface area contributed by atoms with Crippen LogP contribution in [-0.2, 0) is 0 Å². The number of aromatic nitrogens is 3. The molecule has 2 amide bonds. The maximum atomic E-state index is 14.1. The Kier molecular flexibility index (Phi) is 5.00. The van der Waals surface area contributed by atoms with Gasteiger partial charge in [-0.2, -0.15) is 14.5 Å². The monoisotopic (exact) mass is 442 g/mol. The third-order valence-corrected chi connectivity index (χ3v) is 5.24. The van der Waals surface area contributed by atoms with Crippen LogP contribution in [0.15, 0.2) is 47.8 Å². The van der Waals surface area contributed by atoms with Crippen LogP contribution in [0.5, 0.6) is 5.88 Å². The summed E-state index contributed by atoms with van der Waals surface area (Å²) in [4.78, 5) is 25.3. The second kappa shape index (κ2) is 7.98. The second-order valence-corrected chi connectivity index (χ2v) is 7.45. The van der Waals surface area contributed by atoms with Crippen molar-refractivity contribution < 1.29 is 22.7 Å². The number of rotatable bonds is 4. The number of hydrogen-bond donors (Lipinski definition) is 1. The first-order valence-electron chi connectivity index (χ1n) is 9.87. The molecule has 2 aliphatic heterocycles. The number of H-pyrrole nitrogens is 1. The first-order chi connectivity index (χ1) is 15.5. The number of urea groups is 1. The molecule has 1 fully saturated rings. The molecule has 1 atom stereocenters. The minimum atomic E-state index is -0.720. The van der Waals surface area contributed by atoms with Gasteiger partial charge in [-0.25, -0.2) is 23.6 Å². The van der Waals surface area contributed by atoms with Crippen molar-refractivity contribution in [1.29, 1.82) is 0 Å². The molecule has 8 nitrogen and oxygen atoms in total. The van der Waals surface area contributed by atoms with Crippen molar-refractivity contribution in [2.24, 2.45) is 5.10 Å². The van der Waals surface area contributed by atoms with Crippen LogP contribution in [0.25, 0.3) is 11.5 Å². The number of hydrogen-bond acceptors (Lipinski definition) is 5. The van der Waals surface area contributed by atoms with Crippen LogP contribution in [-0.4, -0.2) is 56.3 Å². The summed E-state index contributed by atoms with van der Waals surface area (Å²) in [5.41, 5.74) is 0.938. The second-order valence-electron chi connectivity index (χ2n) is 7.45. The zero-order valence-electron chi connectivity index (χ0n) is 16.6. The van der Waals surface area contributed by atoms with Gasteiger partial charge in [0, 0.05) is 24.9 Å². The van der Waals surface area contributed by atoms with E-state index in [0.717, 1.165) is 12.3 Å². The highest BCUT2D eigenvalue weighted by molar-refractivity contribution is 5.79. The molecule has 0 saturated carbocycles. The number of likely N-dealkylation sites (tertiary alicyclic amines) is 1. The minimum absolute atomic E-state index is 0.191. The number of ether oxygens (including phenoxy) is 1. The average Bonchev–Trinajstić information content (AvgIpc) is 3.42. The number of nitrogens with zero attached hydrogens (tertiary/aromatic N) is 5. The number of carbonyl (C=O) groups is 1. The van der Waals surface area contributed by atoms with E-state index in [1.54, 1.807) is 18.3 Å². The molecule has 0 radical (unpaired) electrons. The maximum Gasteiger partial charge on any atom is 0.341 e. The quantitative estimate of drug-likeness (QED) is 0.670. The van der Waals surface area contributed by atoms with Gasteiger partial charge in [0.05, 0.1) is 31.0 Å². The molecule has 2 aliphatic rings. The molecule has 1 saturated heterocycles. The molecule has 4 heterocycles. The largest absolute Gasteiger partial charge is 0.468 e. The van der Waals surface area contributed by atoms with E-state index < -0.39 is 35.6 Å². The van der Waals surface area contributed by atoms with Gasteiger partial charge in [-0.1, -0.05) is 0 Å². The fourth-order valence-corrected chi connectivity index (χ4v) is 3.65. The minimum Gasteiger partial charge on any atom is -0.468 e. The highest BCUT2D eigenvalue weighted by atomic mass is 19.1. The maximum absolute atomic E-state index is 14.1. The SMILES string of the molecule is O=C(N1CC(Oc2nc(-c3ccc[nH]3)ncc2F)C1)N1N=CCC1c1cc(F)cc(F)c1. The summed E-state index contributed by atoms with van der Waals surface area (Å²) in [5, 5.41) is 5.26. The van der Waals surface area contributed by atoms with Crippen LogP contribution in [0.4, 0.5) is 18.0 Å². The molecular weight excluding hydrogens is 425 g/mol. The lowest BCUT2D eigenvalue weighted by Gasteiger charge is -2.40. The summed E-state index contributed by atoms with van der Waals surface area (Å²) >= 11 is 0. The summed E-state index contributed by atoms with van der Waals surface area (Å²) in [5.74, 6) is -2.06. The summed E-state index contributed by atoms with van der Waals surface area (Å²) in [6.45, 7) is 0.382. The predicted molar refractivity (Wildman–Crippen MR) is 107 cm³/mol. The number of halogens is 3. The number of carbonyl (C=O) groups excluding carboxylic acids is 1. The molecule has 1 N–H and O–H groups in total. The van der Waals surface area contributed by atoms with Gasteiger partial charge in [0.2, 0.25) is 5.82 Å². The van der Waals surface area contributed by atoms with Crippen molar-refractivity contribution in [1.82, 2.24) is 24.9 Å². The summed E-state index contributed by atoms with van der Waals surface area (Å²) in [6, 6.07) is 5.63. The van der Waals surface area contributed by atoms with Crippen molar-refractivity contribution >= 4 is 12.2 Å². The molecule has 1 aromatic carbocycles. The highest BCUT2D eigenvalue weighted by Gasteiger charge is 2.39. The fourth-order valence-electron chi connectivity index (χ4n) is 3.65. The van der Waals surface area contributed by atoms with Crippen LogP contribution >= 0.6 is 0 Å². The topological polar surface area (TPSA) is 86.7 Å². The predicted octanol–water partition coefficient (Wildman–Crippen LogP) is 3.50. The summed E-state index contributed by atoms with van der Waals surface area (Å²) in [7, 11) is 0. The third kappa shape index (κ3) is 3.77. The van der Waals surface area contributed by atoms with Gasteiger partial charge in [-0.15, -0.1) is 0 Å². The van der Waals surface area contributed by atoms with E-state index in [1.165, 1.54) is 28.3 Å². The van der Waals surface area contributed by atoms with Crippen molar-refractivity contribution in [2.45, 2.75) is 18.6 Å². The Bertz CT molecular complexity index is 1160. The Morgan fingerprint density at radius 2 is 1.94 bits per heavy atom. The normalized spacial score (nSPS) is 18.2. The van der Waals surface area contributed by atoms with E-state index in [-0.39, 0.29) is 24.8 Å². The van der Waals surface area contributed by atoms with Crippen LogP contribution in [0.2, 0.25) is 0 Å². The lowest BCUT2D eigenvalue weighted by molar-refractivity contribution is 0.0230. The van der Waals surface area contributed by atoms with E-state index >= 15 is 0 Å². The molecule has 0 spiro atoms. The number of hydrazone groups is 1. The lowest BCUT2D eigenvalue weighted by Crippen LogP contribution is -2.59. The van der Waals surface area contributed by atoms with Gasteiger partial charge in [0.15, 0.2) is 5.82 Å². The van der Waals surface area contributed by atoms with Crippen molar-refractivity contribution in [3.63, 3.8) is 0 Å². The first-order valence-corrected chi connectivity index (χ1v) is 9.87. The number of amides is 2. The summed E-state index contributed by atoms with van der Waals surface area (Å²) < 4.78 is 46.9. The van der Waals surface area contributed by atoms with Gasteiger partial charge in [0.25, 0.3) is 5.88 Å². The molecule has 3 aromatic rings. The Morgan fingerprint density at radius 3 is 2.66 bits per heavy atom. The number of nitrogens with one attached hydrogen (secondary N) is 1. The van der Waals surface area contributed by atoms with E-state index in [4.69, 9.17) is 4.74 Å². The molecule has 1 unspecified atom stereocenters. The number of aromatic amines is 1. The molecule has 11 heteroatoms. The van der Waals surface area contributed by atoms with Crippen molar-refractivity contribution in [3.05, 3.63) is 65.7 Å². The molecule has 0 bridgehead atoms. The summed E-state index contributed by atoms with van der Waals surface area (Å²) in [6.07, 6.45) is 4.14. The highest BCUT2D eigenvalue weighted by Crippen LogP contribution is 2.31. The first kappa shape index (κ1) is 20.0. The van der Waals surface area contributed by atoms with Gasteiger partial charge in [-0.3, -0.25) is 0 Å². The average molecular weight is 442 g/mol. The van der Waals surface area contributed by atoms with Gasteiger partial charge >= 0.3 is 6.03 Å². The van der Waals surface area contributed by atoms with E-state index in [2.05, 4.69) is 20.1 Å². The number of benzene rings is 1. The molecule has 32 heavy (non-hydrogen) atoms. The van der Waals surface area contributed by atoms with E-state index in [9.17, 15) is 18.0 Å². The standard InChI is InChI=1S/C21H17F3N6O2/c22-13-6-12(7-14(23)8-13)18-3-5-27-30(18)21(31)29-10-15(11-29)32-20-16(24)9-26-19(28-20)17-2-1-4-25-17/h1-2,4-9,15,18,25H,3,10-11H2. The molecule has 5 rings (SSSR count). The van der Waals surface area contributed by atoms with Crippen molar-refractivity contribution in [2.75, 3.05) is 13.1 Å². The Labute approximate surface area is 180 Å². The molecule has 2 aromatic heterocycles. The third-order valence-electron chi connectivity index (χ3n) is 5.24. The van der Waals surface area contributed by atoms with Gasteiger partial charge in [-0.05, 0) is 29.8 Å². The van der Waals surface area contributed by atoms with E-state index in [1.807, 2.05) is 0 Å². The van der Waals surface area contributed by atoms with Gasteiger partial charge in [0.1, 0.15) is 17.7 Å². The Morgan fingerprint density at radius 1 is 1.16 bits per heavy atom. The lowest BCUT2D eigenvalue weighted by atomic mass is 10.0. The van der Waals surface area contributed by atoms with Crippen LogP contribution in [0.3, 0.4) is 0 Å². The smallest absolute Gasteiger partial charge is 0.341 e. The molecule has 0 aliphatic carbocycles. The van der Waals surface area contributed by atoms with E-state index in [0.29, 0.717) is 17.7 Å². The van der Waals surface area contributed by atoms with Crippen LogP contribution < -0.4 is 4.74 Å². The van der Waals surface area contributed by atoms with Gasteiger partial charge < -0.3 is 14.6 Å². The van der Waals surface area contributed by atoms with Crippen molar-refractivity contribution in [3.8, 4) is 17.4 Å². The van der Waals surface area contributed by atoms with Crippen LogP contribution in [0.1, 0.15) is 18.0 Å². The zero-order valence-corrected chi connectivity index (χ0v) is 16.6. The molecular formula is C21H17F3N6O2. The Balaban J connectivity index is 1.23. The molecule has 164 valence electrons.